The van der Waals surface area contributed by atoms with Crippen molar-refractivity contribution in [2.75, 3.05) is 13.1 Å². The number of aliphatic hydroxyl groups is 1. The van der Waals surface area contributed by atoms with Gasteiger partial charge in [-0.25, -0.2) is 9.18 Å². The van der Waals surface area contributed by atoms with Gasteiger partial charge in [-0.3, -0.25) is 0 Å². The minimum absolute atomic E-state index is 0.00593. The Morgan fingerprint density at radius 1 is 1.50 bits per heavy atom. The number of amides is 1. The Hall–Kier alpha value is -0.840. The molecule has 1 amide bonds. The molecular weight excluding hydrogens is 213 g/mol. The zero-order chi connectivity index (χ0) is 12.3. The van der Waals surface area contributed by atoms with Gasteiger partial charge in [-0.1, -0.05) is 0 Å². The molecule has 2 unspecified atom stereocenters. The standard InChI is InChI=1S/C11H20FNO3/c1-11(2,3)16-10(15)13-5-4-9(14)6-8(12)7-13/h8-9,14H,4-7H2,1-3H3. The second kappa shape index (κ2) is 4.99. The van der Waals surface area contributed by atoms with Gasteiger partial charge in [0.25, 0.3) is 0 Å². The molecule has 1 aliphatic heterocycles. The zero-order valence-corrected chi connectivity index (χ0v) is 10.1. The van der Waals surface area contributed by atoms with E-state index in [1.54, 1.807) is 20.8 Å². The summed E-state index contributed by atoms with van der Waals surface area (Å²) in [6.45, 7) is 5.65. The van der Waals surface area contributed by atoms with E-state index in [4.69, 9.17) is 4.74 Å². The second-order valence-electron chi connectivity index (χ2n) is 5.20. The van der Waals surface area contributed by atoms with Gasteiger partial charge in [0.1, 0.15) is 11.8 Å². The fourth-order valence-electron chi connectivity index (χ4n) is 1.62. The maximum Gasteiger partial charge on any atom is 0.410 e. The molecule has 0 aromatic carbocycles. The average Bonchev–Trinajstić information content (AvgIpc) is 2.23. The Labute approximate surface area is 95.4 Å². The molecule has 0 radical (unpaired) electrons. The lowest BCUT2D eigenvalue weighted by molar-refractivity contribution is 0.0221. The summed E-state index contributed by atoms with van der Waals surface area (Å²) in [5.41, 5.74) is -0.576. The van der Waals surface area contributed by atoms with Crippen molar-refractivity contribution >= 4 is 6.09 Å². The van der Waals surface area contributed by atoms with Crippen LogP contribution in [-0.4, -0.2) is 47.1 Å². The Morgan fingerprint density at radius 2 is 2.12 bits per heavy atom. The van der Waals surface area contributed by atoms with Gasteiger partial charge in [-0.05, 0) is 27.2 Å². The number of alkyl halides is 1. The van der Waals surface area contributed by atoms with E-state index in [9.17, 15) is 14.3 Å². The van der Waals surface area contributed by atoms with Gasteiger partial charge in [0.15, 0.2) is 0 Å². The third-order valence-electron chi connectivity index (χ3n) is 2.33. The SMILES string of the molecule is CC(C)(C)OC(=O)N1CCC(O)CC(F)C1. The molecule has 1 rings (SSSR count). The van der Waals surface area contributed by atoms with Crippen LogP contribution in [0.1, 0.15) is 33.6 Å². The van der Waals surface area contributed by atoms with E-state index in [0.717, 1.165) is 0 Å². The number of likely N-dealkylation sites (tertiary alicyclic amines) is 1. The lowest BCUT2D eigenvalue weighted by Gasteiger charge is -2.26. The van der Waals surface area contributed by atoms with Gasteiger partial charge >= 0.3 is 6.09 Å². The predicted octanol–water partition coefficient (Wildman–Crippen LogP) is 1.72. The molecule has 4 nitrogen and oxygen atoms in total. The van der Waals surface area contributed by atoms with Crippen molar-refractivity contribution in [3.05, 3.63) is 0 Å². The quantitative estimate of drug-likeness (QED) is 0.693. The van der Waals surface area contributed by atoms with Crippen LogP contribution in [-0.2, 0) is 4.74 Å². The zero-order valence-electron chi connectivity index (χ0n) is 10.1. The van der Waals surface area contributed by atoms with Crippen molar-refractivity contribution in [2.45, 2.75) is 51.5 Å². The smallest absolute Gasteiger partial charge is 0.410 e. The molecule has 16 heavy (non-hydrogen) atoms. The predicted molar refractivity (Wildman–Crippen MR) is 57.9 cm³/mol. The summed E-state index contributed by atoms with van der Waals surface area (Å²) >= 11 is 0. The first-order chi connectivity index (χ1) is 7.28. The summed E-state index contributed by atoms with van der Waals surface area (Å²) < 4.78 is 18.5. The number of hydrogen-bond donors (Lipinski definition) is 1. The molecule has 0 bridgehead atoms. The third-order valence-corrected chi connectivity index (χ3v) is 2.33. The van der Waals surface area contributed by atoms with E-state index in [1.165, 1.54) is 4.90 Å². The summed E-state index contributed by atoms with van der Waals surface area (Å²) in [7, 11) is 0. The molecule has 0 aromatic heterocycles. The van der Waals surface area contributed by atoms with E-state index >= 15 is 0 Å². The van der Waals surface area contributed by atoms with Crippen LogP contribution in [0.15, 0.2) is 0 Å². The van der Waals surface area contributed by atoms with Crippen LogP contribution >= 0.6 is 0 Å². The first-order valence-electron chi connectivity index (χ1n) is 5.58. The van der Waals surface area contributed by atoms with E-state index in [2.05, 4.69) is 0 Å². The van der Waals surface area contributed by atoms with Crippen LogP contribution in [0.5, 0.6) is 0 Å². The lowest BCUT2D eigenvalue weighted by atomic mass is 10.1. The van der Waals surface area contributed by atoms with Crippen LogP contribution in [0.4, 0.5) is 9.18 Å². The molecule has 0 saturated carbocycles. The number of nitrogens with zero attached hydrogens (tertiary/aromatic N) is 1. The number of carbonyl (C=O) groups is 1. The second-order valence-corrected chi connectivity index (χ2v) is 5.20. The summed E-state index contributed by atoms with van der Waals surface area (Å²) in [6, 6.07) is 0. The first-order valence-corrected chi connectivity index (χ1v) is 5.58. The number of ether oxygens (including phenoxy) is 1. The molecule has 0 aromatic rings. The van der Waals surface area contributed by atoms with E-state index in [0.29, 0.717) is 13.0 Å². The Morgan fingerprint density at radius 3 is 2.69 bits per heavy atom. The topological polar surface area (TPSA) is 49.8 Å². The number of halogens is 1. The molecule has 1 saturated heterocycles. The van der Waals surface area contributed by atoms with Crippen molar-refractivity contribution in [1.82, 2.24) is 4.90 Å². The number of rotatable bonds is 0. The van der Waals surface area contributed by atoms with Crippen molar-refractivity contribution in [3.8, 4) is 0 Å². The van der Waals surface area contributed by atoms with Gasteiger partial charge in [0.05, 0.1) is 12.6 Å². The minimum Gasteiger partial charge on any atom is -0.444 e. The van der Waals surface area contributed by atoms with Crippen molar-refractivity contribution in [3.63, 3.8) is 0 Å². The molecule has 5 heteroatoms. The molecule has 1 heterocycles. The number of hydrogen-bond acceptors (Lipinski definition) is 3. The van der Waals surface area contributed by atoms with Gasteiger partial charge in [-0.15, -0.1) is 0 Å². The maximum atomic E-state index is 13.3. The van der Waals surface area contributed by atoms with Gasteiger partial charge in [-0.2, -0.15) is 0 Å². The highest BCUT2D eigenvalue weighted by Crippen LogP contribution is 2.17. The molecule has 1 aliphatic rings. The Balaban J connectivity index is 2.55. The van der Waals surface area contributed by atoms with Crippen molar-refractivity contribution < 1.29 is 19.0 Å². The summed E-state index contributed by atoms with van der Waals surface area (Å²) in [5, 5.41) is 9.37. The van der Waals surface area contributed by atoms with Crippen molar-refractivity contribution in [1.29, 1.82) is 0 Å². The van der Waals surface area contributed by atoms with E-state index in [-0.39, 0.29) is 13.0 Å². The van der Waals surface area contributed by atoms with Gasteiger partial charge < -0.3 is 14.7 Å². The summed E-state index contributed by atoms with van der Waals surface area (Å²) in [6.07, 6.45) is -1.85. The van der Waals surface area contributed by atoms with Crippen LogP contribution in [0, 0.1) is 0 Å². The molecule has 0 aliphatic carbocycles. The molecule has 0 spiro atoms. The Bertz CT molecular complexity index is 252. The maximum absolute atomic E-state index is 13.3. The Kier molecular flexibility index (Phi) is 4.13. The van der Waals surface area contributed by atoms with E-state index < -0.39 is 24.0 Å². The highest BCUT2D eigenvalue weighted by atomic mass is 19.1. The largest absolute Gasteiger partial charge is 0.444 e. The summed E-state index contributed by atoms with van der Waals surface area (Å²) in [4.78, 5) is 13.0. The molecule has 94 valence electrons. The highest BCUT2D eigenvalue weighted by molar-refractivity contribution is 5.68. The van der Waals surface area contributed by atoms with Gasteiger partial charge in [0.2, 0.25) is 0 Å². The number of aliphatic hydroxyl groups excluding tert-OH is 1. The normalized spacial score (nSPS) is 27.4. The average molecular weight is 233 g/mol. The van der Waals surface area contributed by atoms with Crippen LogP contribution in [0.3, 0.4) is 0 Å². The molecular formula is C11H20FNO3. The minimum atomic E-state index is -1.18. The monoisotopic (exact) mass is 233 g/mol. The molecule has 1 fully saturated rings. The molecule has 1 N–H and O–H groups in total. The van der Waals surface area contributed by atoms with Crippen LogP contribution < -0.4 is 0 Å². The van der Waals surface area contributed by atoms with Crippen LogP contribution in [0.2, 0.25) is 0 Å². The first kappa shape index (κ1) is 13.2. The van der Waals surface area contributed by atoms with Crippen LogP contribution in [0.25, 0.3) is 0 Å². The fourth-order valence-corrected chi connectivity index (χ4v) is 1.62. The van der Waals surface area contributed by atoms with Crippen molar-refractivity contribution in [2.24, 2.45) is 0 Å². The molecule has 2 atom stereocenters. The van der Waals surface area contributed by atoms with Gasteiger partial charge in [0, 0.05) is 13.0 Å². The lowest BCUT2D eigenvalue weighted by Crippen LogP contribution is -2.39. The highest BCUT2D eigenvalue weighted by Gasteiger charge is 2.28. The van der Waals surface area contributed by atoms with E-state index in [1.807, 2.05) is 0 Å². The number of carbonyl (C=O) groups excluding carboxylic acids is 1. The fraction of sp³-hybridized carbons (Fsp3) is 0.909. The summed E-state index contributed by atoms with van der Waals surface area (Å²) in [5.74, 6) is 0. The third kappa shape index (κ3) is 4.35.